The molecule has 0 atom stereocenters. The van der Waals surface area contributed by atoms with Crippen molar-refractivity contribution >= 4 is 5.78 Å². The third kappa shape index (κ3) is 1.94. The van der Waals surface area contributed by atoms with E-state index in [0.717, 1.165) is 30.8 Å². The smallest absolute Gasteiger partial charge is 0.259 e. The third-order valence-electron chi connectivity index (χ3n) is 2.24. The molecule has 1 aliphatic heterocycles. The van der Waals surface area contributed by atoms with Crippen molar-refractivity contribution in [2.24, 2.45) is 0 Å². The Morgan fingerprint density at radius 3 is 2.46 bits per heavy atom. The Morgan fingerprint density at radius 1 is 1.08 bits per heavy atom. The second kappa shape index (κ2) is 3.69. The molecule has 1 aromatic carbocycles. The van der Waals surface area contributed by atoms with Crippen LogP contribution in [0, 0.1) is 5.82 Å². The highest BCUT2D eigenvalue weighted by atomic mass is 19.1. The fourth-order valence-corrected chi connectivity index (χ4v) is 1.52. The molecule has 0 unspecified atom stereocenters. The third-order valence-corrected chi connectivity index (χ3v) is 2.24. The Balaban J connectivity index is 2.24. The van der Waals surface area contributed by atoms with E-state index in [1.807, 2.05) is 0 Å². The topological polar surface area (TPSA) is 11.3 Å². The van der Waals surface area contributed by atoms with Crippen LogP contribution in [0.25, 0.3) is 0 Å². The highest BCUT2D eigenvalue weighted by Gasteiger charge is 2.18. The number of hydrogen-bond donors (Lipinski definition) is 0. The van der Waals surface area contributed by atoms with Gasteiger partial charge in [0.25, 0.3) is 6.61 Å². The molecule has 0 N–H and O–H groups in total. The van der Waals surface area contributed by atoms with E-state index in [1.54, 1.807) is 12.1 Å². The van der Waals surface area contributed by atoms with Crippen LogP contribution in [0.4, 0.5) is 4.39 Å². The zero-order chi connectivity index (χ0) is 9.10. The molecule has 0 bridgehead atoms. The average Bonchev–Trinajstić information content (AvgIpc) is 2.20. The molecule has 0 saturated carbocycles. The molecule has 1 aliphatic rings. The minimum absolute atomic E-state index is 0.194. The number of rotatable bonds is 1. The summed E-state index contributed by atoms with van der Waals surface area (Å²) in [5.74, 6) is 0.811. The number of benzene rings is 1. The predicted molar refractivity (Wildman–Crippen MR) is 49.4 cm³/mol. The van der Waals surface area contributed by atoms with Gasteiger partial charge in [-0.2, -0.15) is 0 Å². The van der Waals surface area contributed by atoms with Gasteiger partial charge in [-0.3, -0.25) is 4.42 Å². The Morgan fingerprint density at radius 2 is 1.85 bits per heavy atom. The van der Waals surface area contributed by atoms with Gasteiger partial charge >= 0.3 is 5.78 Å². The van der Waals surface area contributed by atoms with E-state index in [0.29, 0.717) is 0 Å². The van der Waals surface area contributed by atoms with Gasteiger partial charge in [-0.05, 0) is 30.7 Å². The molecule has 2 rings (SSSR count). The van der Waals surface area contributed by atoms with Crippen LogP contribution in [0.3, 0.4) is 0 Å². The van der Waals surface area contributed by atoms with E-state index in [4.69, 9.17) is 4.42 Å². The standard InChI is InChI=1S/C11H12FO/c12-10-6-4-9(5-7-10)11-3-1-2-8-13-11/h4-7H,1-3,8H2/q+1. The minimum atomic E-state index is -0.194. The van der Waals surface area contributed by atoms with E-state index >= 15 is 0 Å². The maximum atomic E-state index is 12.6. The lowest BCUT2D eigenvalue weighted by Crippen LogP contribution is -2.07. The lowest BCUT2D eigenvalue weighted by Gasteiger charge is -2.00. The van der Waals surface area contributed by atoms with E-state index in [1.165, 1.54) is 18.6 Å². The van der Waals surface area contributed by atoms with Crippen molar-refractivity contribution in [1.82, 2.24) is 0 Å². The Labute approximate surface area is 76.9 Å². The van der Waals surface area contributed by atoms with Crippen molar-refractivity contribution in [2.45, 2.75) is 19.3 Å². The number of hydrogen-bond acceptors (Lipinski definition) is 0. The Bertz CT molecular complexity index is 313. The second-order valence-corrected chi connectivity index (χ2v) is 3.24. The number of ketones is 1. The first-order valence-electron chi connectivity index (χ1n) is 4.61. The summed E-state index contributed by atoms with van der Waals surface area (Å²) >= 11 is 0. The molecular formula is C11H12FO+. The van der Waals surface area contributed by atoms with Crippen LogP contribution in [0.2, 0.25) is 0 Å². The zero-order valence-corrected chi connectivity index (χ0v) is 7.42. The van der Waals surface area contributed by atoms with E-state index in [2.05, 4.69) is 0 Å². The normalized spacial score (nSPS) is 16.8. The van der Waals surface area contributed by atoms with Gasteiger partial charge in [-0.1, -0.05) is 0 Å². The number of halogens is 1. The molecule has 13 heavy (non-hydrogen) atoms. The van der Waals surface area contributed by atoms with E-state index < -0.39 is 0 Å². The van der Waals surface area contributed by atoms with E-state index in [-0.39, 0.29) is 5.82 Å². The van der Waals surface area contributed by atoms with E-state index in [9.17, 15) is 4.39 Å². The molecule has 1 nitrogen and oxygen atoms in total. The first kappa shape index (κ1) is 8.42. The molecule has 2 heteroatoms. The van der Waals surface area contributed by atoms with Gasteiger partial charge in [0.1, 0.15) is 5.82 Å². The highest BCUT2D eigenvalue weighted by molar-refractivity contribution is 5.96. The Kier molecular flexibility index (Phi) is 2.39. The first-order valence-corrected chi connectivity index (χ1v) is 4.61. The van der Waals surface area contributed by atoms with Crippen LogP contribution >= 0.6 is 0 Å². The van der Waals surface area contributed by atoms with Crippen molar-refractivity contribution < 1.29 is 8.82 Å². The molecule has 1 aromatic rings. The summed E-state index contributed by atoms with van der Waals surface area (Å²) in [5, 5.41) is 0. The van der Waals surface area contributed by atoms with Gasteiger partial charge in [0.2, 0.25) is 0 Å². The largest absolute Gasteiger partial charge is 0.326 e. The second-order valence-electron chi connectivity index (χ2n) is 3.24. The highest BCUT2D eigenvalue weighted by Crippen LogP contribution is 2.13. The average molecular weight is 179 g/mol. The summed E-state index contributed by atoms with van der Waals surface area (Å²) in [7, 11) is 0. The SMILES string of the molecule is Fc1ccc(C2=[O+]CCCC2)cc1. The van der Waals surface area contributed by atoms with Crippen molar-refractivity contribution in [3.8, 4) is 0 Å². The molecule has 0 saturated heterocycles. The number of carbonyl (C=O) groups excluding carboxylic acids is 1. The van der Waals surface area contributed by atoms with Gasteiger partial charge in [-0.15, -0.1) is 0 Å². The van der Waals surface area contributed by atoms with Crippen LogP contribution in [-0.4, -0.2) is 12.4 Å². The molecule has 0 spiro atoms. The fraction of sp³-hybridized carbons (Fsp3) is 0.364. The Hall–Kier alpha value is -1.18. The minimum Gasteiger partial charge on any atom is -0.259 e. The van der Waals surface area contributed by atoms with Gasteiger partial charge in [0, 0.05) is 6.42 Å². The summed E-state index contributed by atoms with van der Waals surface area (Å²) in [6, 6.07) is 6.49. The quantitative estimate of drug-likeness (QED) is 0.587. The van der Waals surface area contributed by atoms with Gasteiger partial charge < -0.3 is 0 Å². The molecule has 0 aliphatic carbocycles. The maximum absolute atomic E-state index is 12.6. The van der Waals surface area contributed by atoms with Gasteiger partial charge in [-0.25, -0.2) is 4.39 Å². The van der Waals surface area contributed by atoms with Crippen molar-refractivity contribution in [3.63, 3.8) is 0 Å². The zero-order valence-electron chi connectivity index (χ0n) is 7.42. The molecule has 0 fully saturated rings. The van der Waals surface area contributed by atoms with Crippen LogP contribution in [0.5, 0.6) is 0 Å². The maximum Gasteiger partial charge on any atom is 0.326 e. The van der Waals surface area contributed by atoms with Crippen LogP contribution in [0.15, 0.2) is 24.3 Å². The van der Waals surface area contributed by atoms with Crippen LogP contribution in [0.1, 0.15) is 29.3 Å². The summed E-state index contributed by atoms with van der Waals surface area (Å²) in [5.41, 5.74) is 1.01. The fourth-order valence-electron chi connectivity index (χ4n) is 1.52. The lowest BCUT2D eigenvalue weighted by molar-refractivity contribution is -0.278. The molecule has 0 radical (unpaired) electrons. The first-order chi connectivity index (χ1) is 6.36. The van der Waals surface area contributed by atoms with Crippen molar-refractivity contribution in [2.75, 3.05) is 6.61 Å². The van der Waals surface area contributed by atoms with Crippen molar-refractivity contribution in [3.05, 3.63) is 35.6 Å². The van der Waals surface area contributed by atoms with Crippen molar-refractivity contribution in [1.29, 1.82) is 0 Å². The van der Waals surface area contributed by atoms with Crippen LogP contribution < -0.4 is 0 Å². The summed E-state index contributed by atoms with van der Waals surface area (Å²) in [6.07, 6.45) is 3.28. The lowest BCUT2D eigenvalue weighted by atomic mass is 10.0. The summed E-state index contributed by atoms with van der Waals surface area (Å²) < 4.78 is 18.1. The molecule has 0 amide bonds. The summed E-state index contributed by atoms with van der Waals surface area (Å²) in [4.78, 5) is 0. The molecule has 0 aromatic heterocycles. The monoisotopic (exact) mass is 179 g/mol. The van der Waals surface area contributed by atoms with Crippen LogP contribution in [-0.2, 0) is 0 Å². The van der Waals surface area contributed by atoms with Gasteiger partial charge in [0.05, 0.1) is 12.0 Å². The van der Waals surface area contributed by atoms with Gasteiger partial charge in [0.15, 0.2) is 0 Å². The summed E-state index contributed by atoms with van der Waals surface area (Å²) in [6.45, 7) is 0.798. The molecular weight excluding hydrogens is 167 g/mol. The predicted octanol–water partition coefficient (Wildman–Crippen LogP) is 2.73. The molecule has 68 valence electrons. The molecule has 1 heterocycles.